The zero-order valence-electron chi connectivity index (χ0n) is 11.7. The van der Waals surface area contributed by atoms with Crippen LogP contribution >= 0.6 is 15.9 Å². The largest absolute Gasteiger partial charge is 0.383 e. The highest BCUT2D eigenvalue weighted by Gasteiger charge is 2.09. The molecule has 4 nitrogen and oxygen atoms in total. The molecule has 0 heterocycles. The van der Waals surface area contributed by atoms with E-state index in [4.69, 9.17) is 4.74 Å². The number of carbonyl (C=O) groups is 1. The molecule has 0 aliphatic carbocycles. The SMILES string of the molecule is COCCNc1ccc(NC(=O)c2ccccc2Br)cc1. The number of carbonyl (C=O) groups excluding carboxylic acids is 1. The first-order valence-electron chi connectivity index (χ1n) is 6.59. The van der Waals surface area contributed by atoms with Crippen molar-refractivity contribution < 1.29 is 9.53 Å². The van der Waals surface area contributed by atoms with Gasteiger partial charge in [-0.05, 0) is 52.3 Å². The second-order valence-corrected chi connectivity index (χ2v) is 5.29. The number of nitrogens with one attached hydrogen (secondary N) is 2. The molecule has 2 aromatic carbocycles. The predicted octanol–water partition coefficient (Wildman–Crippen LogP) is 3.76. The fraction of sp³-hybridized carbons (Fsp3) is 0.188. The van der Waals surface area contributed by atoms with Crippen LogP contribution in [0.3, 0.4) is 0 Å². The first-order chi connectivity index (χ1) is 10.2. The minimum atomic E-state index is -0.137. The molecule has 2 rings (SSSR count). The maximum Gasteiger partial charge on any atom is 0.256 e. The van der Waals surface area contributed by atoms with Crippen molar-refractivity contribution in [2.45, 2.75) is 0 Å². The third-order valence-corrected chi connectivity index (χ3v) is 3.59. The van der Waals surface area contributed by atoms with Gasteiger partial charge in [0, 0.05) is 29.5 Å². The molecule has 0 fully saturated rings. The van der Waals surface area contributed by atoms with Crippen LogP contribution < -0.4 is 10.6 Å². The Hall–Kier alpha value is -1.85. The van der Waals surface area contributed by atoms with Crippen LogP contribution in [0.25, 0.3) is 0 Å². The second kappa shape index (κ2) is 7.81. The summed E-state index contributed by atoms with van der Waals surface area (Å²) in [5.41, 5.74) is 2.36. The highest BCUT2D eigenvalue weighted by atomic mass is 79.9. The van der Waals surface area contributed by atoms with E-state index in [9.17, 15) is 4.79 Å². The van der Waals surface area contributed by atoms with Gasteiger partial charge in [-0.1, -0.05) is 12.1 Å². The maximum absolute atomic E-state index is 12.2. The van der Waals surface area contributed by atoms with Gasteiger partial charge in [0.05, 0.1) is 12.2 Å². The average molecular weight is 349 g/mol. The average Bonchev–Trinajstić information content (AvgIpc) is 2.49. The van der Waals surface area contributed by atoms with Gasteiger partial charge < -0.3 is 15.4 Å². The Bertz CT molecular complexity index is 599. The highest BCUT2D eigenvalue weighted by Crippen LogP contribution is 2.19. The molecule has 0 saturated carbocycles. The summed E-state index contributed by atoms with van der Waals surface area (Å²) in [5, 5.41) is 6.09. The van der Waals surface area contributed by atoms with E-state index in [1.165, 1.54) is 0 Å². The lowest BCUT2D eigenvalue weighted by molar-refractivity contribution is 0.102. The van der Waals surface area contributed by atoms with Gasteiger partial charge in [-0.2, -0.15) is 0 Å². The Labute approximate surface area is 132 Å². The number of anilines is 2. The molecule has 1 amide bonds. The Morgan fingerprint density at radius 1 is 1.10 bits per heavy atom. The zero-order chi connectivity index (χ0) is 15.1. The quantitative estimate of drug-likeness (QED) is 0.781. The van der Waals surface area contributed by atoms with Gasteiger partial charge in [-0.25, -0.2) is 0 Å². The number of halogens is 1. The number of rotatable bonds is 6. The summed E-state index contributed by atoms with van der Waals surface area (Å²) in [4.78, 5) is 12.2. The molecule has 0 aromatic heterocycles. The molecule has 21 heavy (non-hydrogen) atoms. The molecule has 0 saturated heterocycles. The van der Waals surface area contributed by atoms with Gasteiger partial charge in [0.15, 0.2) is 0 Å². The zero-order valence-corrected chi connectivity index (χ0v) is 13.3. The van der Waals surface area contributed by atoms with Crippen molar-refractivity contribution in [3.63, 3.8) is 0 Å². The minimum Gasteiger partial charge on any atom is -0.383 e. The van der Waals surface area contributed by atoms with E-state index in [0.29, 0.717) is 12.2 Å². The highest BCUT2D eigenvalue weighted by molar-refractivity contribution is 9.10. The Morgan fingerprint density at radius 3 is 2.43 bits per heavy atom. The van der Waals surface area contributed by atoms with E-state index in [1.54, 1.807) is 13.2 Å². The topological polar surface area (TPSA) is 50.4 Å². The van der Waals surface area contributed by atoms with Crippen LogP contribution in [0.4, 0.5) is 11.4 Å². The Kier molecular flexibility index (Phi) is 5.78. The monoisotopic (exact) mass is 348 g/mol. The summed E-state index contributed by atoms with van der Waals surface area (Å²) in [6, 6.07) is 14.9. The molecule has 0 aliphatic rings. The first-order valence-corrected chi connectivity index (χ1v) is 7.39. The van der Waals surface area contributed by atoms with E-state index < -0.39 is 0 Å². The summed E-state index contributed by atoms with van der Waals surface area (Å²) < 4.78 is 5.75. The smallest absolute Gasteiger partial charge is 0.256 e. The molecular weight excluding hydrogens is 332 g/mol. The van der Waals surface area contributed by atoms with Gasteiger partial charge >= 0.3 is 0 Å². The van der Waals surface area contributed by atoms with E-state index >= 15 is 0 Å². The van der Waals surface area contributed by atoms with Crippen LogP contribution in [0.5, 0.6) is 0 Å². The number of ether oxygens (including phenoxy) is 1. The molecule has 2 N–H and O–H groups in total. The van der Waals surface area contributed by atoms with Crippen LogP contribution in [0.15, 0.2) is 53.0 Å². The predicted molar refractivity (Wildman–Crippen MR) is 88.9 cm³/mol. The molecular formula is C16H17BrN2O2. The first kappa shape index (κ1) is 15.5. The van der Waals surface area contributed by atoms with Crippen LogP contribution in [-0.2, 0) is 4.74 Å². The molecule has 0 atom stereocenters. The lowest BCUT2D eigenvalue weighted by Crippen LogP contribution is -2.12. The normalized spacial score (nSPS) is 10.2. The van der Waals surface area contributed by atoms with Gasteiger partial charge in [-0.3, -0.25) is 4.79 Å². The van der Waals surface area contributed by atoms with Crippen LogP contribution in [-0.4, -0.2) is 26.2 Å². The van der Waals surface area contributed by atoms with Crippen molar-refractivity contribution in [1.82, 2.24) is 0 Å². The number of methoxy groups -OCH3 is 1. The minimum absolute atomic E-state index is 0.137. The third-order valence-electron chi connectivity index (χ3n) is 2.90. The van der Waals surface area contributed by atoms with Crippen molar-refractivity contribution >= 4 is 33.2 Å². The molecule has 5 heteroatoms. The summed E-state index contributed by atoms with van der Waals surface area (Å²) in [6.07, 6.45) is 0. The Balaban J connectivity index is 1.97. The molecule has 0 bridgehead atoms. The van der Waals surface area contributed by atoms with E-state index in [0.717, 1.165) is 22.4 Å². The molecule has 2 aromatic rings. The van der Waals surface area contributed by atoms with Gasteiger partial charge in [0.2, 0.25) is 0 Å². The van der Waals surface area contributed by atoms with Gasteiger partial charge in [0.1, 0.15) is 0 Å². The standard InChI is InChI=1S/C16H17BrN2O2/c1-21-11-10-18-12-6-8-13(9-7-12)19-16(20)14-4-2-3-5-15(14)17/h2-9,18H,10-11H2,1H3,(H,19,20). The second-order valence-electron chi connectivity index (χ2n) is 4.43. The van der Waals surface area contributed by atoms with Crippen molar-refractivity contribution in [2.24, 2.45) is 0 Å². The lowest BCUT2D eigenvalue weighted by Gasteiger charge is -2.09. The molecule has 0 unspecified atom stereocenters. The molecule has 0 spiro atoms. The van der Waals surface area contributed by atoms with E-state index in [-0.39, 0.29) is 5.91 Å². The van der Waals surface area contributed by atoms with Gasteiger partial charge in [0.25, 0.3) is 5.91 Å². The van der Waals surface area contributed by atoms with E-state index in [2.05, 4.69) is 26.6 Å². The molecule has 110 valence electrons. The fourth-order valence-corrected chi connectivity index (χ4v) is 2.28. The third kappa shape index (κ3) is 4.58. The summed E-state index contributed by atoms with van der Waals surface area (Å²) in [6.45, 7) is 1.40. The van der Waals surface area contributed by atoms with Crippen LogP contribution in [0, 0.1) is 0 Å². The van der Waals surface area contributed by atoms with Crippen molar-refractivity contribution in [3.8, 4) is 0 Å². The van der Waals surface area contributed by atoms with Crippen LogP contribution in [0.1, 0.15) is 10.4 Å². The Morgan fingerprint density at radius 2 is 1.76 bits per heavy atom. The summed E-state index contributed by atoms with van der Waals surface area (Å²) in [5.74, 6) is -0.137. The van der Waals surface area contributed by atoms with Crippen molar-refractivity contribution in [2.75, 3.05) is 30.9 Å². The number of amides is 1. The van der Waals surface area contributed by atoms with E-state index in [1.807, 2.05) is 42.5 Å². The maximum atomic E-state index is 12.2. The lowest BCUT2D eigenvalue weighted by atomic mass is 10.2. The number of hydrogen-bond donors (Lipinski definition) is 2. The molecule has 0 aliphatic heterocycles. The number of benzene rings is 2. The molecule has 0 radical (unpaired) electrons. The summed E-state index contributed by atoms with van der Waals surface area (Å²) in [7, 11) is 1.67. The number of hydrogen-bond acceptors (Lipinski definition) is 3. The van der Waals surface area contributed by atoms with Crippen molar-refractivity contribution in [1.29, 1.82) is 0 Å². The van der Waals surface area contributed by atoms with Crippen LogP contribution in [0.2, 0.25) is 0 Å². The fourth-order valence-electron chi connectivity index (χ4n) is 1.81. The van der Waals surface area contributed by atoms with Gasteiger partial charge in [-0.15, -0.1) is 0 Å². The van der Waals surface area contributed by atoms with Crippen molar-refractivity contribution in [3.05, 3.63) is 58.6 Å². The summed E-state index contributed by atoms with van der Waals surface area (Å²) >= 11 is 3.37.